The number of carbonyl (C=O) groups is 2. The standard InChI is InChI=1S/C20H21BrCl2N2O3/c1-12-9-14(7-8-16(12)21)28-11-19(26)25(13(2)20(27)24-3)10-15-17(22)5-4-6-18(15)23/h4-9,13H,10-11H2,1-3H3,(H,24,27)/t13-/m0/s1. The molecule has 0 aliphatic rings. The molecule has 2 amide bonds. The van der Waals surface area contributed by atoms with Crippen molar-refractivity contribution in [3.63, 3.8) is 0 Å². The molecule has 1 atom stereocenters. The van der Waals surface area contributed by atoms with Crippen LogP contribution >= 0.6 is 39.1 Å². The number of rotatable bonds is 7. The summed E-state index contributed by atoms with van der Waals surface area (Å²) in [6.07, 6.45) is 0. The summed E-state index contributed by atoms with van der Waals surface area (Å²) in [4.78, 5) is 26.4. The number of benzene rings is 2. The number of aryl methyl sites for hydroxylation is 1. The Morgan fingerprint density at radius 1 is 1.21 bits per heavy atom. The van der Waals surface area contributed by atoms with Crippen LogP contribution in [-0.2, 0) is 16.1 Å². The van der Waals surface area contributed by atoms with Crippen molar-refractivity contribution in [1.82, 2.24) is 10.2 Å². The molecular weight excluding hydrogens is 467 g/mol. The molecule has 0 bridgehead atoms. The van der Waals surface area contributed by atoms with Gasteiger partial charge in [0.2, 0.25) is 5.91 Å². The van der Waals surface area contributed by atoms with Crippen LogP contribution in [-0.4, -0.2) is 36.4 Å². The highest BCUT2D eigenvalue weighted by atomic mass is 79.9. The molecule has 0 fully saturated rings. The lowest BCUT2D eigenvalue weighted by atomic mass is 10.1. The van der Waals surface area contributed by atoms with Crippen molar-refractivity contribution in [2.75, 3.05) is 13.7 Å². The molecular formula is C20H21BrCl2N2O3. The Kier molecular flexibility index (Phi) is 8.16. The highest BCUT2D eigenvalue weighted by Gasteiger charge is 2.27. The van der Waals surface area contributed by atoms with E-state index in [9.17, 15) is 9.59 Å². The second-order valence-corrected chi connectivity index (χ2v) is 7.88. The van der Waals surface area contributed by atoms with Gasteiger partial charge in [-0.25, -0.2) is 0 Å². The molecule has 0 saturated carbocycles. The third-order valence-electron chi connectivity index (χ3n) is 4.30. The van der Waals surface area contributed by atoms with Gasteiger partial charge in [0.05, 0.1) is 0 Å². The predicted molar refractivity (Wildman–Crippen MR) is 115 cm³/mol. The van der Waals surface area contributed by atoms with Gasteiger partial charge in [-0.3, -0.25) is 9.59 Å². The number of hydrogen-bond donors (Lipinski definition) is 1. The van der Waals surface area contributed by atoms with Crippen molar-refractivity contribution in [1.29, 1.82) is 0 Å². The first kappa shape index (κ1) is 22.5. The third-order valence-corrected chi connectivity index (χ3v) is 5.89. The third kappa shape index (κ3) is 5.63. The Bertz CT molecular complexity index is 856. The monoisotopic (exact) mass is 486 g/mol. The molecule has 5 nitrogen and oxygen atoms in total. The van der Waals surface area contributed by atoms with Crippen molar-refractivity contribution in [3.8, 4) is 5.75 Å². The number of likely N-dealkylation sites (N-methyl/N-ethyl adjacent to an activating group) is 1. The van der Waals surface area contributed by atoms with Gasteiger partial charge >= 0.3 is 0 Å². The van der Waals surface area contributed by atoms with Crippen LogP contribution in [0, 0.1) is 6.92 Å². The largest absolute Gasteiger partial charge is 0.484 e. The van der Waals surface area contributed by atoms with E-state index >= 15 is 0 Å². The summed E-state index contributed by atoms with van der Waals surface area (Å²) in [5.74, 6) is -0.0824. The fraction of sp³-hybridized carbons (Fsp3) is 0.300. The van der Waals surface area contributed by atoms with Crippen LogP contribution in [0.2, 0.25) is 10.0 Å². The Hall–Kier alpha value is -1.76. The highest BCUT2D eigenvalue weighted by molar-refractivity contribution is 9.10. The molecule has 0 saturated heterocycles. The van der Waals surface area contributed by atoms with E-state index < -0.39 is 6.04 Å². The van der Waals surface area contributed by atoms with E-state index in [1.54, 1.807) is 31.2 Å². The van der Waals surface area contributed by atoms with Gasteiger partial charge in [-0.05, 0) is 49.7 Å². The topological polar surface area (TPSA) is 58.6 Å². The van der Waals surface area contributed by atoms with Gasteiger partial charge in [-0.1, -0.05) is 45.2 Å². The molecule has 0 aliphatic carbocycles. The van der Waals surface area contributed by atoms with Crippen LogP contribution in [0.5, 0.6) is 5.75 Å². The lowest BCUT2D eigenvalue weighted by Gasteiger charge is -2.29. The summed E-state index contributed by atoms with van der Waals surface area (Å²) in [5, 5.41) is 3.42. The SMILES string of the molecule is CNC(=O)[C@H](C)N(Cc1c(Cl)cccc1Cl)C(=O)COc1ccc(Br)c(C)c1. The molecule has 1 N–H and O–H groups in total. The zero-order valence-electron chi connectivity index (χ0n) is 15.8. The van der Waals surface area contributed by atoms with E-state index in [0.717, 1.165) is 10.0 Å². The maximum atomic E-state index is 12.9. The summed E-state index contributed by atoms with van der Waals surface area (Å²) in [6, 6.07) is 9.83. The molecule has 2 rings (SSSR count). The maximum absolute atomic E-state index is 12.9. The number of halogens is 3. The van der Waals surface area contributed by atoms with Crippen molar-refractivity contribution in [2.45, 2.75) is 26.4 Å². The number of nitrogens with zero attached hydrogens (tertiary/aromatic N) is 1. The van der Waals surface area contributed by atoms with Gasteiger partial charge in [0.15, 0.2) is 6.61 Å². The van der Waals surface area contributed by atoms with Crippen molar-refractivity contribution in [2.24, 2.45) is 0 Å². The van der Waals surface area contributed by atoms with Crippen LogP contribution < -0.4 is 10.1 Å². The average Bonchev–Trinajstić information content (AvgIpc) is 2.67. The van der Waals surface area contributed by atoms with E-state index in [1.165, 1.54) is 11.9 Å². The van der Waals surface area contributed by atoms with Gasteiger partial charge in [-0.2, -0.15) is 0 Å². The van der Waals surface area contributed by atoms with Crippen molar-refractivity contribution in [3.05, 3.63) is 62.0 Å². The Balaban J connectivity index is 2.21. The summed E-state index contributed by atoms with van der Waals surface area (Å²) in [6.45, 7) is 3.45. The number of ether oxygens (including phenoxy) is 1. The Labute approximate surface area is 183 Å². The summed E-state index contributed by atoms with van der Waals surface area (Å²) < 4.78 is 6.59. The first-order chi connectivity index (χ1) is 13.2. The molecule has 28 heavy (non-hydrogen) atoms. The Morgan fingerprint density at radius 3 is 2.43 bits per heavy atom. The number of hydrogen-bond acceptors (Lipinski definition) is 3. The lowest BCUT2D eigenvalue weighted by Crippen LogP contribution is -2.48. The first-order valence-electron chi connectivity index (χ1n) is 8.57. The van der Waals surface area contributed by atoms with Crippen LogP contribution in [0.3, 0.4) is 0 Å². The second kappa shape index (κ2) is 10.1. The Morgan fingerprint density at radius 2 is 1.86 bits per heavy atom. The predicted octanol–water partition coefficient (Wildman–Crippen LogP) is 4.61. The van der Waals surface area contributed by atoms with E-state index in [-0.39, 0.29) is 25.0 Å². The van der Waals surface area contributed by atoms with Gasteiger partial charge in [0.25, 0.3) is 5.91 Å². The summed E-state index contributed by atoms with van der Waals surface area (Å²) in [7, 11) is 1.52. The first-order valence-corrected chi connectivity index (χ1v) is 10.1. The quantitative estimate of drug-likeness (QED) is 0.620. The van der Waals surface area contributed by atoms with Crippen LogP contribution in [0.4, 0.5) is 0 Å². The molecule has 8 heteroatoms. The highest BCUT2D eigenvalue weighted by Crippen LogP contribution is 2.27. The zero-order valence-corrected chi connectivity index (χ0v) is 18.9. The summed E-state index contributed by atoms with van der Waals surface area (Å²) >= 11 is 15.9. The number of carbonyl (C=O) groups excluding carboxylic acids is 2. The fourth-order valence-corrected chi connectivity index (χ4v) is 3.34. The minimum Gasteiger partial charge on any atom is -0.484 e. The number of nitrogens with one attached hydrogen (secondary N) is 1. The molecule has 2 aromatic rings. The second-order valence-electron chi connectivity index (χ2n) is 6.21. The maximum Gasteiger partial charge on any atom is 0.261 e. The van der Waals surface area contributed by atoms with E-state index in [4.69, 9.17) is 27.9 Å². The zero-order chi connectivity index (χ0) is 20.8. The van der Waals surface area contributed by atoms with Gasteiger partial charge in [0.1, 0.15) is 11.8 Å². The van der Waals surface area contributed by atoms with E-state index in [2.05, 4.69) is 21.2 Å². The van der Waals surface area contributed by atoms with E-state index in [0.29, 0.717) is 21.4 Å². The van der Waals surface area contributed by atoms with Crippen LogP contribution in [0.1, 0.15) is 18.1 Å². The molecule has 0 spiro atoms. The van der Waals surface area contributed by atoms with Crippen LogP contribution in [0.15, 0.2) is 40.9 Å². The molecule has 0 aromatic heterocycles. The van der Waals surface area contributed by atoms with Gasteiger partial charge in [0, 0.05) is 33.7 Å². The number of amides is 2. The van der Waals surface area contributed by atoms with Crippen LogP contribution in [0.25, 0.3) is 0 Å². The molecule has 0 heterocycles. The normalized spacial score (nSPS) is 11.6. The average molecular weight is 488 g/mol. The lowest BCUT2D eigenvalue weighted by molar-refractivity contribution is -0.142. The molecule has 0 aliphatic heterocycles. The van der Waals surface area contributed by atoms with Gasteiger partial charge in [-0.15, -0.1) is 0 Å². The fourth-order valence-electron chi connectivity index (χ4n) is 2.58. The smallest absolute Gasteiger partial charge is 0.261 e. The molecule has 2 aromatic carbocycles. The minimum atomic E-state index is -0.722. The molecule has 0 radical (unpaired) electrons. The molecule has 0 unspecified atom stereocenters. The minimum absolute atomic E-state index is 0.0919. The van der Waals surface area contributed by atoms with Crippen molar-refractivity contribution < 1.29 is 14.3 Å². The van der Waals surface area contributed by atoms with Crippen molar-refractivity contribution >= 4 is 50.9 Å². The van der Waals surface area contributed by atoms with E-state index in [1.807, 2.05) is 19.1 Å². The summed E-state index contributed by atoms with van der Waals surface area (Å²) in [5.41, 5.74) is 1.57. The molecule has 150 valence electrons. The van der Waals surface area contributed by atoms with Gasteiger partial charge < -0.3 is 15.0 Å².